The quantitative estimate of drug-likeness (QED) is 0.842. The third-order valence-corrected chi connectivity index (χ3v) is 4.41. The summed E-state index contributed by atoms with van der Waals surface area (Å²) in [6.45, 7) is 0.827. The Balaban J connectivity index is 2.26. The summed E-state index contributed by atoms with van der Waals surface area (Å²) in [5.74, 6) is 1.11. The number of benzene rings is 1. The second kappa shape index (κ2) is 5.72. The molecule has 1 fully saturated rings. The van der Waals surface area contributed by atoms with Crippen molar-refractivity contribution in [3.63, 3.8) is 0 Å². The molecule has 1 unspecified atom stereocenters. The van der Waals surface area contributed by atoms with Gasteiger partial charge in [0, 0.05) is 17.9 Å². The van der Waals surface area contributed by atoms with Crippen LogP contribution in [0.25, 0.3) is 0 Å². The topological polar surface area (TPSA) is 55.5 Å². The summed E-state index contributed by atoms with van der Waals surface area (Å²) in [5.41, 5.74) is 7.18. The first kappa shape index (κ1) is 13.4. The summed E-state index contributed by atoms with van der Waals surface area (Å²) in [4.78, 5) is 0. The van der Waals surface area contributed by atoms with E-state index in [0.29, 0.717) is 6.54 Å². The van der Waals surface area contributed by atoms with Crippen LogP contribution in [0, 0.1) is 5.41 Å². The van der Waals surface area contributed by atoms with Crippen LogP contribution in [0.2, 0.25) is 0 Å². The average molecular weight is 249 g/mol. The lowest BCUT2D eigenvalue weighted by atomic mass is 9.71. The van der Waals surface area contributed by atoms with E-state index < -0.39 is 0 Å². The van der Waals surface area contributed by atoms with Crippen LogP contribution >= 0.6 is 0 Å². The van der Waals surface area contributed by atoms with Crippen molar-refractivity contribution >= 4 is 0 Å². The molecule has 0 aromatic heterocycles. The second-order valence-electron chi connectivity index (χ2n) is 5.29. The highest BCUT2D eigenvalue weighted by atomic mass is 16.5. The van der Waals surface area contributed by atoms with Gasteiger partial charge in [0.25, 0.3) is 0 Å². The summed E-state index contributed by atoms with van der Waals surface area (Å²) in [6, 6.07) is 8.09. The fourth-order valence-corrected chi connectivity index (χ4v) is 3.27. The molecule has 0 saturated heterocycles. The van der Waals surface area contributed by atoms with E-state index in [1.54, 1.807) is 7.11 Å². The van der Waals surface area contributed by atoms with Gasteiger partial charge in [0.15, 0.2) is 0 Å². The van der Waals surface area contributed by atoms with E-state index in [2.05, 4.69) is 12.1 Å². The maximum absolute atomic E-state index is 9.80. The van der Waals surface area contributed by atoms with Crippen molar-refractivity contribution in [2.45, 2.75) is 31.6 Å². The molecule has 1 atom stereocenters. The van der Waals surface area contributed by atoms with Gasteiger partial charge in [0.2, 0.25) is 0 Å². The first-order valence-electron chi connectivity index (χ1n) is 6.70. The van der Waals surface area contributed by atoms with Crippen LogP contribution in [0.1, 0.15) is 37.2 Å². The molecule has 1 aliphatic carbocycles. The first-order chi connectivity index (χ1) is 8.75. The maximum Gasteiger partial charge on any atom is 0.118 e. The van der Waals surface area contributed by atoms with Crippen LogP contribution in [-0.4, -0.2) is 25.4 Å². The standard InChI is InChI=1S/C15H23NO2/c1-18-13-6-4-12(5-7-13)14(10-16)15(11-17)8-2-3-9-15/h4-7,14,17H,2-3,8-11,16H2,1H3. The Morgan fingerprint density at radius 1 is 1.28 bits per heavy atom. The van der Waals surface area contributed by atoms with Crippen molar-refractivity contribution < 1.29 is 9.84 Å². The number of methoxy groups -OCH3 is 1. The van der Waals surface area contributed by atoms with E-state index in [4.69, 9.17) is 10.5 Å². The Morgan fingerprint density at radius 2 is 1.89 bits per heavy atom. The van der Waals surface area contributed by atoms with Gasteiger partial charge in [-0.05, 0) is 37.1 Å². The highest BCUT2D eigenvalue weighted by molar-refractivity contribution is 5.31. The monoisotopic (exact) mass is 249 g/mol. The average Bonchev–Trinajstić information content (AvgIpc) is 2.90. The fourth-order valence-electron chi connectivity index (χ4n) is 3.27. The van der Waals surface area contributed by atoms with Gasteiger partial charge in [0.1, 0.15) is 5.75 Å². The van der Waals surface area contributed by atoms with Gasteiger partial charge in [-0.25, -0.2) is 0 Å². The van der Waals surface area contributed by atoms with Crippen molar-refractivity contribution in [1.29, 1.82) is 0 Å². The van der Waals surface area contributed by atoms with Crippen LogP contribution in [-0.2, 0) is 0 Å². The molecule has 2 rings (SSSR count). The lowest BCUT2D eigenvalue weighted by Gasteiger charge is -2.35. The van der Waals surface area contributed by atoms with Gasteiger partial charge in [0.05, 0.1) is 7.11 Å². The number of aliphatic hydroxyl groups is 1. The Bertz CT molecular complexity index is 369. The minimum absolute atomic E-state index is 0.0106. The third kappa shape index (κ3) is 2.38. The normalized spacial score (nSPS) is 19.7. The highest BCUT2D eigenvalue weighted by Gasteiger charge is 2.40. The van der Waals surface area contributed by atoms with Crippen molar-refractivity contribution in [2.75, 3.05) is 20.3 Å². The predicted octanol–water partition coefficient (Wildman–Crippen LogP) is 2.29. The van der Waals surface area contributed by atoms with Crippen molar-refractivity contribution in [1.82, 2.24) is 0 Å². The summed E-state index contributed by atoms with van der Waals surface area (Å²) >= 11 is 0. The fraction of sp³-hybridized carbons (Fsp3) is 0.600. The van der Waals surface area contributed by atoms with Crippen molar-refractivity contribution in [3.8, 4) is 5.75 Å². The van der Waals surface area contributed by atoms with Crippen LogP contribution in [0.4, 0.5) is 0 Å². The second-order valence-corrected chi connectivity index (χ2v) is 5.29. The predicted molar refractivity (Wildman–Crippen MR) is 72.8 cm³/mol. The molecular formula is C15H23NO2. The molecule has 3 N–H and O–H groups in total. The number of aliphatic hydroxyl groups excluding tert-OH is 1. The minimum atomic E-state index is -0.0106. The Hall–Kier alpha value is -1.06. The summed E-state index contributed by atoms with van der Waals surface area (Å²) < 4.78 is 5.18. The van der Waals surface area contributed by atoms with E-state index in [-0.39, 0.29) is 17.9 Å². The molecule has 1 aromatic carbocycles. The first-order valence-corrected chi connectivity index (χ1v) is 6.70. The molecule has 1 saturated carbocycles. The Kier molecular flexibility index (Phi) is 4.25. The van der Waals surface area contributed by atoms with Gasteiger partial charge in [-0.15, -0.1) is 0 Å². The van der Waals surface area contributed by atoms with Crippen LogP contribution in [0.3, 0.4) is 0 Å². The third-order valence-electron chi connectivity index (χ3n) is 4.41. The summed E-state index contributed by atoms with van der Waals surface area (Å²) in [6.07, 6.45) is 4.56. The zero-order valence-electron chi connectivity index (χ0n) is 11.1. The molecule has 0 spiro atoms. The van der Waals surface area contributed by atoms with Gasteiger partial charge in [-0.1, -0.05) is 25.0 Å². The van der Waals surface area contributed by atoms with E-state index in [0.717, 1.165) is 18.6 Å². The van der Waals surface area contributed by atoms with Gasteiger partial charge in [-0.3, -0.25) is 0 Å². The van der Waals surface area contributed by atoms with Crippen molar-refractivity contribution in [2.24, 2.45) is 11.1 Å². The van der Waals surface area contributed by atoms with Crippen LogP contribution in [0.5, 0.6) is 5.75 Å². The maximum atomic E-state index is 9.80. The lowest BCUT2D eigenvalue weighted by molar-refractivity contribution is 0.102. The zero-order chi connectivity index (χ0) is 13.0. The smallest absolute Gasteiger partial charge is 0.118 e. The van der Waals surface area contributed by atoms with E-state index in [9.17, 15) is 5.11 Å². The van der Waals surface area contributed by atoms with Gasteiger partial charge in [-0.2, -0.15) is 0 Å². The lowest BCUT2D eigenvalue weighted by Crippen LogP contribution is -2.34. The minimum Gasteiger partial charge on any atom is -0.497 e. The molecule has 0 amide bonds. The molecule has 0 radical (unpaired) electrons. The van der Waals surface area contributed by atoms with Crippen LogP contribution < -0.4 is 10.5 Å². The molecule has 3 heteroatoms. The summed E-state index contributed by atoms with van der Waals surface area (Å²) in [5, 5.41) is 9.80. The number of ether oxygens (including phenoxy) is 1. The number of hydrogen-bond donors (Lipinski definition) is 2. The van der Waals surface area contributed by atoms with Gasteiger partial charge < -0.3 is 15.6 Å². The molecule has 0 heterocycles. The number of nitrogens with two attached hydrogens (primary N) is 1. The zero-order valence-corrected chi connectivity index (χ0v) is 11.1. The molecule has 100 valence electrons. The Labute approximate surface area is 109 Å². The molecule has 18 heavy (non-hydrogen) atoms. The highest BCUT2D eigenvalue weighted by Crippen LogP contribution is 2.48. The van der Waals surface area contributed by atoms with Crippen molar-refractivity contribution in [3.05, 3.63) is 29.8 Å². The van der Waals surface area contributed by atoms with Crippen LogP contribution in [0.15, 0.2) is 24.3 Å². The van der Waals surface area contributed by atoms with E-state index in [1.165, 1.54) is 18.4 Å². The van der Waals surface area contributed by atoms with Gasteiger partial charge >= 0.3 is 0 Å². The largest absolute Gasteiger partial charge is 0.497 e. The molecule has 0 bridgehead atoms. The Morgan fingerprint density at radius 3 is 2.33 bits per heavy atom. The molecule has 3 nitrogen and oxygen atoms in total. The number of hydrogen-bond acceptors (Lipinski definition) is 3. The number of rotatable bonds is 5. The molecular weight excluding hydrogens is 226 g/mol. The van der Waals surface area contributed by atoms with E-state index in [1.807, 2.05) is 12.1 Å². The summed E-state index contributed by atoms with van der Waals surface area (Å²) in [7, 11) is 1.67. The van der Waals surface area contributed by atoms with E-state index >= 15 is 0 Å². The SMILES string of the molecule is COc1ccc(C(CN)C2(CO)CCCC2)cc1. The molecule has 1 aliphatic rings. The molecule has 1 aromatic rings. The molecule has 0 aliphatic heterocycles.